The van der Waals surface area contributed by atoms with Gasteiger partial charge in [-0.3, -0.25) is 19.2 Å². The molecule has 3 amide bonds. The van der Waals surface area contributed by atoms with Crippen LogP contribution in [-0.4, -0.2) is 74.7 Å². The van der Waals surface area contributed by atoms with Crippen molar-refractivity contribution in [2.75, 3.05) is 27.4 Å². The number of hydrogen-bond donors (Lipinski definition) is 3. The molecule has 0 spiro atoms. The summed E-state index contributed by atoms with van der Waals surface area (Å²) in [5, 5.41) is 8.33. The third-order valence-corrected chi connectivity index (χ3v) is 7.31. The summed E-state index contributed by atoms with van der Waals surface area (Å²) < 4.78 is 15.5. The van der Waals surface area contributed by atoms with Crippen LogP contribution in [0.3, 0.4) is 0 Å². The summed E-state index contributed by atoms with van der Waals surface area (Å²) in [6.45, 7) is 3.88. The molecule has 10 nitrogen and oxygen atoms in total. The van der Waals surface area contributed by atoms with Gasteiger partial charge < -0.3 is 30.2 Å². The Bertz CT molecular complexity index is 971. The third-order valence-electron chi connectivity index (χ3n) is 7.31. The lowest BCUT2D eigenvalue weighted by Gasteiger charge is -2.26. The monoisotopic (exact) mass is 531 g/mol. The number of nitrogens with one attached hydrogen (secondary N) is 3. The summed E-state index contributed by atoms with van der Waals surface area (Å²) in [6, 6.07) is 4.69. The number of hydrogen-bond acceptors (Lipinski definition) is 7. The van der Waals surface area contributed by atoms with E-state index in [0.29, 0.717) is 24.7 Å². The lowest BCUT2D eigenvalue weighted by atomic mass is 9.90. The number of methoxy groups -OCH3 is 2. The second kappa shape index (κ2) is 13.7. The van der Waals surface area contributed by atoms with Crippen molar-refractivity contribution in [2.45, 2.75) is 82.5 Å². The molecule has 0 bridgehead atoms. The summed E-state index contributed by atoms with van der Waals surface area (Å²) >= 11 is 0. The van der Waals surface area contributed by atoms with Crippen LogP contribution in [0.1, 0.15) is 57.9 Å². The number of epoxide rings is 1. The van der Waals surface area contributed by atoms with Crippen molar-refractivity contribution in [3.05, 3.63) is 29.8 Å². The van der Waals surface area contributed by atoms with Gasteiger partial charge in [-0.05, 0) is 43.9 Å². The van der Waals surface area contributed by atoms with Gasteiger partial charge in [-0.1, -0.05) is 37.8 Å². The molecular formula is C28H41N3O7. The second-order valence-electron chi connectivity index (χ2n) is 10.5. The average molecular weight is 532 g/mol. The van der Waals surface area contributed by atoms with Crippen molar-refractivity contribution < 1.29 is 33.4 Å². The van der Waals surface area contributed by atoms with E-state index < -0.39 is 35.5 Å². The maximum atomic E-state index is 13.6. The Morgan fingerprint density at radius 3 is 2.21 bits per heavy atom. The summed E-state index contributed by atoms with van der Waals surface area (Å²) in [5.41, 5.74) is -0.0640. The number of amides is 3. The highest BCUT2D eigenvalue weighted by Gasteiger charge is 2.50. The standard InChI is InChI=1S/C28H41N3O7/c1-18(29-24(32)13-14-36-3)26(34)31-23(16-20-9-11-21(37-4)12-10-20)27(35)30-22(15-19-7-5-6-8-19)25(33)28(2)17-38-28/h9-12,18-19,22-23H,5-8,13-17H2,1-4H3,(H,29,32)(H,30,35)(H,31,34)/t18-,22-,23-,28+/m0/s1. The number of rotatable bonds is 15. The molecule has 38 heavy (non-hydrogen) atoms. The Kier molecular flexibility index (Phi) is 10.7. The molecule has 1 aromatic rings. The van der Waals surface area contributed by atoms with E-state index in [-0.39, 0.29) is 31.1 Å². The molecule has 0 aromatic heterocycles. The molecule has 10 heteroatoms. The van der Waals surface area contributed by atoms with E-state index in [0.717, 1.165) is 31.2 Å². The molecular weight excluding hydrogens is 490 g/mol. The van der Waals surface area contributed by atoms with E-state index in [1.54, 1.807) is 33.1 Å². The van der Waals surface area contributed by atoms with Crippen molar-refractivity contribution >= 4 is 23.5 Å². The van der Waals surface area contributed by atoms with Crippen molar-refractivity contribution in [3.8, 4) is 5.75 Å². The maximum absolute atomic E-state index is 13.6. The Labute approximate surface area is 224 Å². The van der Waals surface area contributed by atoms with Gasteiger partial charge in [0, 0.05) is 20.0 Å². The third kappa shape index (κ3) is 8.52. The highest BCUT2D eigenvalue weighted by molar-refractivity contribution is 5.98. The first-order valence-corrected chi connectivity index (χ1v) is 13.4. The van der Waals surface area contributed by atoms with Crippen LogP contribution in [-0.2, 0) is 35.1 Å². The van der Waals surface area contributed by atoms with Gasteiger partial charge in [-0.15, -0.1) is 0 Å². The minimum Gasteiger partial charge on any atom is -0.497 e. The molecule has 1 aliphatic carbocycles. The van der Waals surface area contributed by atoms with Crippen LogP contribution in [0.4, 0.5) is 0 Å². The van der Waals surface area contributed by atoms with E-state index >= 15 is 0 Å². The number of benzene rings is 1. The first-order chi connectivity index (χ1) is 18.1. The molecule has 1 aliphatic heterocycles. The van der Waals surface area contributed by atoms with Crippen molar-refractivity contribution in [1.82, 2.24) is 16.0 Å². The molecule has 3 rings (SSSR count). The smallest absolute Gasteiger partial charge is 0.243 e. The largest absolute Gasteiger partial charge is 0.497 e. The maximum Gasteiger partial charge on any atom is 0.243 e. The molecule has 2 fully saturated rings. The number of carbonyl (C=O) groups excluding carboxylic acids is 4. The Morgan fingerprint density at radius 2 is 1.63 bits per heavy atom. The van der Waals surface area contributed by atoms with Crippen LogP contribution in [0.15, 0.2) is 24.3 Å². The van der Waals surface area contributed by atoms with E-state index in [1.165, 1.54) is 7.11 Å². The van der Waals surface area contributed by atoms with Crippen LogP contribution in [0.5, 0.6) is 5.75 Å². The molecule has 4 atom stereocenters. The van der Waals surface area contributed by atoms with Gasteiger partial charge in [0.25, 0.3) is 0 Å². The van der Waals surface area contributed by atoms with Crippen molar-refractivity contribution in [3.63, 3.8) is 0 Å². The van der Waals surface area contributed by atoms with Gasteiger partial charge in [0.1, 0.15) is 23.4 Å². The Balaban J connectivity index is 1.74. The predicted molar refractivity (Wildman–Crippen MR) is 141 cm³/mol. The molecule has 3 N–H and O–H groups in total. The molecule has 210 valence electrons. The quantitative estimate of drug-likeness (QED) is 0.293. The molecule has 1 saturated carbocycles. The van der Waals surface area contributed by atoms with Gasteiger partial charge in [-0.25, -0.2) is 0 Å². The SMILES string of the molecule is COCCC(=O)N[C@@H](C)C(=O)N[C@@H](Cc1ccc(OC)cc1)C(=O)N[C@@H](CC1CCCC1)C(=O)[C@@]1(C)CO1. The minimum atomic E-state index is -0.957. The van der Waals surface area contributed by atoms with Crippen molar-refractivity contribution in [2.24, 2.45) is 5.92 Å². The highest BCUT2D eigenvalue weighted by Crippen LogP contribution is 2.33. The fraction of sp³-hybridized carbons (Fsp3) is 0.643. The van der Waals surface area contributed by atoms with Gasteiger partial charge in [0.05, 0.1) is 26.4 Å². The zero-order chi connectivity index (χ0) is 27.7. The van der Waals surface area contributed by atoms with Crippen LogP contribution in [0.2, 0.25) is 0 Å². The Morgan fingerprint density at radius 1 is 1.00 bits per heavy atom. The zero-order valence-electron chi connectivity index (χ0n) is 22.8. The first-order valence-electron chi connectivity index (χ1n) is 13.4. The molecule has 0 radical (unpaired) electrons. The molecule has 2 aliphatic rings. The van der Waals surface area contributed by atoms with Crippen molar-refractivity contribution in [1.29, 1.82) is 0 Å². The average Bonchev–Trinajstić information content (AvgIpc) is 3.45. The van der Waals surface area contributed by atoms with E-state index in [9.17, 15) is 19.2 Å². The number of carbonyl (C=O) groups is 4. The van der Waals surface area contributed by atoms with Gasteiger partial charge in [-0.2, -0.15) is 0 Å². The zero-order valence-corrected chi connectivity index (χ0v) is 22.8. The topological polar surface area (TPSA) is 135 Å². The van der Waals surface area contributed by atoms with Gasteiger partial charge in [0.2, 0.25) is 17.7 Å². The molecule has 1 heterocycles. The van der Waals surface area contributed by atoms with Crippen LogP contribution in [0, 0.1) is 5.92 Å². The molecule has 0 unspecified atom stereocenters. The minimum absolute atomic E-state index is 0.121. The highest BCUT2D eigenvalue weighted by atomic mass is 16.6. The van der Waals surface area contributed by atoms with E-state index in [2.05, 4.69) is 16.0 Å². The fourth-order valence-electron chi connectivity index (χ4n) is 4.78. The lowest BCUT2D eigenvalue weighted by molar-refractivity contribution is -0.134. The van der Waals surface area contributed by atoms with Crippen LogP contribution in [0.25, 0.3) is 0 Å². The number of ether oxygens (including phenoxy) is 3. The molecule has 1 aromatic carbocycles. The van der Waals surface area contributed by atoms with Gasteiger partial charge >= 0.3 is 0 Å². The number of Topliss-reactive ketones (excluding diaryl/α,β-unsaturated/α-hetero) is 1. The van der Waals surface area contributed by atoms with Crippen LogP contribution >= 0.6 is 0 Å². The predicted octanol–water partition coefficient (Wildman–Crippen LogP) is 1.69. The normalized spacial score (nSPS) is 21.2. The van der Waals surface area contributed by atoms with Gasteiger partial charge in [0.15, 0.2) is 5.78 Å². The summed E-state index contributed by atoms with van der Waals surface area (Å²) in [7, 11) is 3.06. The lowest BCUT2D eigenvalue weighted by Crippen LogP contribution is -2.57. The molecule has 1 saturated heterocycles. The van der Waals surface area contributed by atoms with E-state index in [4.69, 9.17) is 14.2 Å². The first kappa shape index (κ1) is 29.6. The van der Waals surface area contributed by atoms with E-state index in [1.807, 2.05) is 12.1 Å². The summed E-state index contributed by atoms with van der Waals surface area (Å²) in [6.07, 6.45) is 5.18. The van der Waals surface area contributed by atoms with Crippen LogP contribution < -0.4 is 20.7 Å². The fourth-order valence-corrected chi connectivity index (χ4v) is 4.78. The number of ketones is 1. The summed E-state index contributed by atoms with van der Waals surface area (Å²) in [5.74, 6) is -0.375. The second-order valence-corrected chi connectivity index (χ2v) is 10.5. The summed E-state index contributed by atoms with van der Waals surface area (Å²) in [4.78, 5) is 51.9. The Hall–Kier alpha value is -2.98.